The van der Waals surface area contributed by atoms with Gasteiger partial charge in [-0.05, 0) is 60.2 Å². The second-order valence-electron chi connectivity index (χ2n) is 6.16. The summed E-state index contributed by atoms with van der Waals surface area (Å²) in [6.07, 6.45) is 1.71. The molecule has 0 aromatic heterocycles. The first-order valence-electron chi connectivity index (χ1n) is 9.03. The number of halogens is 1. The molecule has 150 valence electrons. The lowest BCUT2D eigenvalue weighted by atomic mass is 10.0. The number of benzene rings is 3. The van der Waals surface area contributed by atoms with Gasteiger partial charge in [0.15, 0.2) is 6.61 Å². The zero-order chi connectivity index (χ0) is 21.3. The van der Waals surface area contributed by atoms with Gasteiger partial charge < -0.3 is 14.2 Å². The minimum Gasteiger partial charge on any atom is -0.496 e. The van der Waals surface area contributed by atoms with Gasteiger partial charge in [0.05, 0.1) is 18.8 Å². The van der Waals surface area contributed by atoms with Gasteiger partial charge in [-0.3, -0.25) is 0 Å². The minimum atomic E-state index is -0.545. The van der Waals surface area contributed by atoms with Crippen molar-refractivity contribution in [2.24, 2.45) is 0 Å². The van der Waals surface area contributed by atoms with E-state index in [1.807, 2.05) is 24.3 Å². The molecule has 0 saturated carbocycles. The Kier molecular flexibility index (Phi) is 7.09. The van der Waals surface area contributed by atoms with Gasteiger partial charge in [-0.25, -0.2) is 4.79 Å². The lowest BCUT2D eigenvalue weighted by Crippen LogP contribution is -2.17. The fraction of sp³-hybridized carbons (Fsp3) is 0.0833. The van der Waals surface area contributed by atoms with Crippen molar-refractivity contribution in [3.05, 3.63) is 88.9 Å². The zero-order valence-corrected chi connectivity index (χ0v) is 16.9. The third-order valence-electron chi connectivity index (χ3n) is 4.09. The summed E-state index contributed by atoms with van der Waals surface area (Å²) in [7, 11) is 1.56. The number of allylic oxidation sites excluding steroid dienone is 1. The number of carbonyl (C=O) groups excluding carboxylic acids is 1. The van der Waals surface area contributed by atoms with Crippen LogP contribution in [0.4, 0.5) is 0 Å². The van der Waals surface area contributed by atoms with Crippen LogP contribution in [0.15, 0.2) is 72.8 Å². The topological polar surface area (TPSA) is 68.5 Å². The summed E-state index contributed by atoms with van der Waals surface area (Å²) in [6.45, 7) is -0.244. The highest BCUT2D eigenvalue weighted by atomic mass is 35.5. The van der Waals surface area contributed by atoms with Crippen LogP contribution in [0.5, 0.6) is 17.2 Å². The molecule has 0 amide bonds. The monoisotopic (exact) mass is 419 g/mol. The number of para-hydroxylation sites is 1. The first kappa shape index (κ1) is 21.0. The Morgan fingerprint density at radius 1 is 1.03 bits per heavy atom. The highest BCUT2D eigenvalue weighted by molar-refractivity contribution is 6.30. The quantitative estimate of drug-likeness (QED) is 0.222. The van der Waals surface area contributed by atoms with Crippen LogP contribution in [0.3, 0.4) is 0 Å². The third kappa shape index (κ3) is 5.63. The van der Waals surface area contributed by atoms with E-state index < -0.39 is 5.97 Å². The van der Waals surface area contributed by atoms with Gasteiger partial charge in [0.25, 0.3) is 0 Å². The van der Waals surface area contributed by atoms with Crippen LogP contribution in [0, 0.1) is 11.3 Å². The minimum absolute atomic E-state index is 0.244. The Hall–Kier alpha value is -3.75. The predicted octanol–water partition coefficient (Wildman–Crippen LogP) is 5.40. The summed E-state index contributed by atoms with van der Waals surface area (Å²) in [6, 6.07) is 23.0. The number of nitriles is 1. The number of hydrogen-bond donors (Lipinski definition) is 0. The standard InChI is InChI=1S/C24H18ClNO4/c1-28-23-8-3-2-7-22(23)18(15-26)13-17-5-4-6-21(14-17)30-24(27)16-29-20-11-9-19(25)10-12-20/h2-14H,16H2,1H3/b18-13-. The van der Waals surface area contributed by atoms with E-state index in [-0.39, 0.29) is 6.61 Å². The highest BCUT2D eigenvalue weighted by Crippen LogP contribution is 2.27. The molecule has 0 N–H and O–H groups in total. The Balaban J connectivity index is 1.70. The van der Waals surface area contributed by atoms with E-state index in [9.17, 15) is 10.1 Å². The SMILES string of the molecule is COc1ccccc1/C(C#N)=C\c1cccc(OC(=O)COc2ccc(Cl)cc2)c1. The fourth-order valence-corrected chi connectivity index (χ4v) is 2.83. The molecule has 3 aromatic carbocycles. The van der Waals surface area contributed by atoms with E-state index in [1.54, 1.807) is 61.7 Å². The Morgan fingerprint density at radius 3 is 2.53 bits per heavy atom. The molecule has 5 nitrogen and oxygen atoms in total. The molecule has 6 heteroatoms. The number of carbonyl (C=O) groups is 1. The number of hydrogen-bond acceptors (Lipinski definition) is 5. The molecule has 0 spiro atoms. The normalized spacial score (nSPS) is 10.8. The summed E-state index contributed by atoms with van der Waals surface area (Å²) >= 11 is 5.82. The van der Waals surface area contributed by atoms with Crippen LogP contribution in [0.2, 0.25) is 5.02 Å². The van der Waals surface area contributed by atoms with Crippen molar-refractivity contribution in [2.45, 2.75) is 0 Å². The van der Waals surface area contributed by atoms with E-state index in [0.29, 0.717) is 39.0 Å². The largest absolute Gasteiger partial charge is 0.496 e. The molecule has 0 bridgehead atoms. The van der Waals surface area contributed by atoms with Gasteiger partial charge in [-0.2, -0.15) is 5.26 Å². The van der Waals surface area contributed by atoms with Crippen molar-refractivity contribution >= 4 is 29.2 Å². The van der Waals surface area contributed by atoms with Crippen molar-refractivity contribution < 1.29 is 19.0 Å². The van der Waals surface area contributed by atoms with Crippen molar-refractivity contribution in [2.75, 3.05) is 13.7 Å². The van der Waals surface area contributed by atoms with Gasteiger partial charge in [-0.1, -0.05) is 35.9 Å². The smallest absolute Gasteiger partial charge is 0.349 e. The zero-order valence-electron chi connectivity index (χ0n) is 16.2. The van der Waals surface area contributed by atoms with E-state index in [0.717, 1.165) is 0 Å². The first-order valence-corrected chi connectivity index (χ1v) is 9.41. The number of nitrogens with zero attached hydrogens (tertiary/aromatic N) is 1. The Morgan fingerprint density at radius 2 is 1.80 bits per heavy atom. The average Bonchev–Trinajstić information content (AvgIpc) is 2.77. The molecule has 3 rings (SSSR count). The van der Waals surface area contributed by atoms with Gasteiger partial charge in [0.2, 0.25) is 0 Å². The van der Waals surface area contributed by atoms with Crippen LogP contribution in [-0.4, -0.2) is 19.7 Å². The highest BCUT2D eigenvalue weighted by Gasteiger charge is 2.09. The van der Waals surface area contributed by atoms with Crippen LogP contribution >= 0.6 is 11.6 Å². The van der Waals surface area contributed by atoms with E-state index in [1.165, 1.54) is 0 Å². The van der Waals surface area contributed by atoms with Gasteiger partial charge in [0.1, 0.15) is 17.2 Å². The lowest BCUT2D eigenvalue weighted by Gasteiger charge is -2.08. The Bertz CT molecular complexity index is 1100. The summed E-state index contributed by atoms with van der Waals surface area (Å²) in [5.41, 5.74) is 1.82. The molecule has 30 heavy (non-hydrogen) atoms. The summed E-state index contributed by atoms with van der Waals surface area (Å²) in [5, 5.41) is 10.2. The second kappa shape index (κ2) is 10.1. The van der Waals surface area contributed by atoms with E-state index >= 15 is 0 Å². The molecule has 0 aliphatic rings. The number of rotatable bonds is 7. The van der Waals surface area contributed by atoms with Crippen molar-refractivity contribution in [1.29, 1.82) is 5.26 Å². The molecule has 0 radical (unpaired) electrons. The maximum Gasteiger partial charge on any atom is 0.349 e. The van der Waals surface area contributed by atoms with Crippen molar-refractivity contribution in [1.82, 2.24) is 0 Å². The fourth-order valence-electron chi connectivity index (χ4n) is 2.71. The number of methoxy groups -OCH3 is 1. The van der Waals surface area contributed by atoms with Crippen LogP contribution in [0.1, 0.15) is 11.1 Å². The van der Waals surface area contributed by atoms with E-state index in [4.69, 9.17) is 25.8 Å². The maximum absolute atomic E-state index is 12.1. The van der Waals surface area contributed by atoms with Crippen molar-refractivity contribution in [3.8, 4) is 23.3 Å². The molecule has 0 fully saturated rings. The third-order valence-corrected chi connectivity index (χ3v) is 4.34. The van der Waals surface area contributed by atoms with Crippen LogP contribution < -0.4 is 14.2 Å². The van der Waals surface area contributed by atoms with Crippen LogP contribution in [-0.2, 0) is 4.79 Å². The molecular formula is C24H18ClNO4. The molecule has 0 aliphatic carbocycles. The van der Waals surface area contributed by atoms with Crippen molar-refractivity contribution in [3.63, 3.8) is 0 Å². The average molecular weight is 420 g/mol. The molecule has 0 atom stereocenters. The summed E-state index contributed by atoms with van der Waals surface area (Å²) in [5.74, 6) is 0.929. The number of esters is 1. The Labute approximate surface area is 179 Å². The molecule has 0 unspecified atom stereocenters. The van der Waals surface area contributed by atoms with Gasteiger partial charge in [-0.15, -0.1) is 0 Å². The number of ether oxygens (including phenoxy) is 3. The second-order valence-corrected chi connectivity index (χ2v) is 6.60. The molecule has 0 aliphatic heterocycles. The molecule has 3 aromatic rings. The summed E-state index contributed by atoms with van der Waals surface area (Å²) < 4.78 is 16.1. The maximum atomic E-state index is 12.1. The molecular weight excluding hydrogens is 402 g/mol. The molecule has 0 saturated heterocycles. The predicted molar refractivity (Wildman–Crippen MR) is 116 cm³/mol. The first-order chi connectivity index (χ1) is 14.6. The van der Waals surface area contributed by atoms with E-state index in [2.05, 4.69) is 6.07 Å². The molecule has 0 heterocycles. The van der Waals surface area contributed by atoms with Crippen LogP contribution in [0.25, 0.3) is 11.6 Å². The summed E-state index contributed by atoms with van der Waals surface area (Å²) in [4.78, 5) is 12.1. The van der Waals surface area contributed by atoms with Gasteiger partial charge >= 0.3 is 5.97 Å². The van der Waals surface area contributed by atoms with Gasteiger partial charge in [0, 0.05) is 10.6 Å². The lowest BCUT2D eigenvalue weighted by molar-refractivity contribution is -0.136.